The first kappa shape index (κ1) is 16.0. The Morgan fingerprint density at radius 3 is 2.86 bits per heavy atom. The fourth-order valence-electron chi connectivity index (χ4n) is 3.18. The van der Waals surface area contributed by atoms with E-state index < -0.39 is 0 Å². The zero-order valence-corrected chi connectivity index (χ0v) is 13.5. The summed E-state index contributed by atoms with van der Waals surface area (Å²) in [6.45, 7) is 8.58. The van der Waals surface area contributed by atoms with Crippen LogP contribution in [-0.4, -0.2) is 40.8 Å². The van der Waals surface area contributed by atoms with Gasteiger partial charge in [0, 0.05) is 31.3 Å². The molecule has 1 aromatic rings. The van der Waals surface area contributed by atoms with Crippen LogP contribution in [0.25, 0.3) is 0 Å². The van der Waals surface area contributed by atoms with Crippen LogP contribution in [0.3, 0.4) is 0 Å². The summed E-state index contributed by atoms with van der Waals surface area (Å²) in [5.41, 5.74) is 1.20. The minimum atomic E-state index is 0.239. The molecular formula is C16H28N4O. The van der Waals surface area contributed by atoms with Gasteiger partial charge in [-0.25, -0.2) is 9.97 Å². The molecule has 2 heterocycles. The van der Waals surface area contributed by atoms with E-state index in [2.05, 4.69) is 41.0 Å². The number of hydrogen-bond donors (Lipinski definition) is 2. The SMILES string of the molecule is CCNc1ncnc(N2CCCCC2CCO)c1C(C)C. The zero-order valence-electron chi connectivity index (χ0n) is 13.5. The highest BCUT2D eigenvalue weighted by Crippen LogP contribution is 2.34. The lowest BCUT2D eigenvalue weighted by molar-refractivity contribution is 0.262. The molecule has 1 aliphatic rings. The lowest BCUT2D eigenvalue weighted by atomic mass is 9.97. The molecule has 2 rings (SSSR count). The van der Waals surface area contributed by atoms with Crippen molar-refractivity contribution >= 4 is 11.6 Å². The van der Waals surface area contributed by atoms with Gasteiger partial charge in [0.1, 0.15) is 18.0 Å². The summed E-state index contributed by atoms with van der Waals surface area (Å²) in [5.74, 6) is 2.37. The summed E-state index contributed by atoms with van der Waals surface area (Å²) in [4.78, 5) is 11.4. The number of hydrogen-bond acceptors (Lipinski definition) is 5. The lowest BCUT2D eigenvalue weighted by Gasteiger charge is -2.38. The monoisotopic (exact) mass is 292 g/mol. The van der Waals surface area contributed by atoms with Crippen molar-refractivity contribution in [2.75, 3.05) is 29.9 Å². The number of piperidine rings is 1. The molecule has 1 aromatic heterocycles. The second-order valence-corrected chi connectivity index (χ2v) is 6.00. The molecule has 0 amide bonds. The largest absolute Gasteiger partial charge is 0.396 e. The number of anilines is 2. The minimum absolute atomic E-state index is 0.239. The van der Waals surface area contributed by atoms with Gasteiger partial charge in [0.15, 0.2) is 0 Å². The van der Waals surface area contributed by atoms with Gasteiger partial charge >= 0.3 is 0 Å². The van der Waals surface area contributed by atoms with Crippen molar-refractivity contribution in [3.8, 4) is 0 Å². The van der Waals surface area contributed by atoms with Gasteiger partial charge in [0.2, 0.25) is 0 Å². The number of nitrogens with zero attached hydrogens (tertiary/aromatic N) is 3. The van der Waals surface area contributed by atoms with Gasteiger partial charge in [-0.2, -0.15) is 0 Å². The van der Waals surface area contributed by atoms with E-state index in [4.69, 9.17) is 0 Å². The maximum atomic E-state index is 9.33. The Kier molecular flexibility index (Phi) is 5.79. The average molecular weight is 292 g/mol. The molecule has 5 heteroatoms. The molecule has 1 aliphatic heterocycles. The van der Waals surface area contributed by atoms with Crippen molar-refractivity contribution in [2.24, 2.45) is 0 Å². The van der Waals surface area contributed by atoms with E-state index in [-0.39, 0.29) is 6.61 Å². The first-order valence-corrected chi connectivity index (χ1v) is 8.15. The second kappa shape index (κ2) is 7.59. The van der Waals surface area contributed by atoms with E-state index in [1.807, 2.05) is 0 Å². The number of nitrogens with one attached hydrogen (secondary N) is 1. The highest BCUT2D eigenvalue weighted by Gasteiger charge is 2.27. The summed E-state index contributed by atoms with van der Waals surface area (Å²) < 4.78 is 0. The van der Waals surface area contributed by atoms with Gasteiger partial charge in [0.25, 0.3) is 0 Å². The summed E-state index contributed by atoms with van der Waals surface area (Å²) in [5, 5.41) is 12.7. The highest BCUT2D eigenvalue weighted by molar-refractivity contribution is 5.61. The van der Waals surface area contributed by atoms with Crippen molar-refractivity contribution in [3.05, 3.63) is 11.9 Å². The van der Waals surface area contributed by atoms with Crippen LogP contribution in [0.5, 0.6) is 0 Å². The van der Waals surface area contributed by atoms with Crippen LogP contribution in [0, 0.1) is 0 Å². The Hall–Kier alpha value is -1.36. The second-order valence-electron chi connectivity index (χ2n) is 6.00. The van der Waals surface area contributed by atoms with Crippen LogP contribution >= 0.6 is 0 Å². The van der Waals surface area contributed by atoms with Crippen molar-refractivity contribution in [1.29, 1.82) is 0 Å². The molecule has 0 aliphatic carbocycles. The molecule has 0 bridgehead atoms. The molecule has 0 aromatic carbocycles. The van der Waals surface area contributed by atoms with Crippen molar-refractivity contribution in [1.82, 2.24) is 9.97 Å². The van der Waals surface area contributed by atoms with Gasteiger partial charge < -0.3 is 15.3 Å². The Balaban J connectivity index is 2.38. The number of aliphatic hydroxyl groups excluding tert-OH is 1. The van der Waals surface area contributed by atoms with E-state index in [0.717, 1.165) is 37.6 Å². The maximum absolute atomic E-state index is 9.33. The molecule has 1 fully saturated rings. The third kappa shape index (κ3) is 3.64. The van der Waals surface area contributed by atoms with Crippen LogP contribution in [0.4, 0.5) is 11.6 Å². The summed E-state index contributed by atoms with van der Waals surface area (Å²) in [7, 11) is 0. The highest BCUT2D eigenvalue weighted by atomic mass is 16.3. The molecule has 1 unspecified atom stereocenters. The van der Waals surface area contributed by atoms with Gasteiger partial charge in [0.05, 0.1) is 0 Å². The predicted molar refractivity (Wildman–Crippen MR) is 87.0 cm³/mol. The van der Waals surface area contributed by atoms with Crippen molar-refractivity contribution in [3.63, 3.8) is 0 Å². The molecule has 5 nitrogen and oxygen atoms in total. The number of aliphatic hydroxyl groups is 1. The molecule has 21 heavy (non-hydrogen) atoms. The van der Waals surface area contributed by atoms with Crippen LogP contribution in [0.15, 0.2) is 6.33 Å². The summed E-state index contributed by atoms with van der Waals surface area (Å²) in [6, 6.07) is 0.394. The smallest absolute Gasteiger partial charge is 0.137 e. The summed E-state index contributed by atoms with van der Waals surface area (Å²) in [6.07, 6.45) is 6.05. The van der Waals surface area contributed by atoms with E-state index in [1.165, 1.54) is 18.4 Å². The average Bonchev–Trinajstić information content (AvgIpc) is 2.48. The van der Waals surface area contributed by atoms with Crippen molar-refractivity contribution < 1.29 is 5.11 Å². The number of aromatic nitrogens is 2. The normalized spacial score (nSPS) is 19.1. The first-order chi connectivity index (χ1) is 10.2. The van der Waals surface area contributed by atoms with Gasteiger partial charge in [-0.05, 0) is 38.5 Å². The van der Waals surface area contributed by atoms with Gasteiger partial charge in [-0.1, -0.05) is 13.8 Å². The van der Waals surface area contributed by atoms with E-state index in [0.29, 0.717) is 12.0 Å². The fraction of sp³-hybridized carbons (Fsp3) is 0.750. The standard InChI is InChI=1S/C16H28N4O/c1-4-17-15-14(12(2)3)16(19-11-18-15)20-9-6-5-7-13(20)8-10-21/h11-13,21H,4-10H2,1-3H3,(H,17,18,19). The molecule has 0 saturated carbocycles. The Morgan fingerprint density at radius 1 is 1.38 bits per heavy atom. The van der Waals surface area contributed by atoms with Crippen LogP contribution in [0.2, 0.25) is 0 Å². The predicted octanol–water partition coefficient (Wildman–Crippen LogP) is 2.77. The van der Waals surface area contributed by atoms with Crippen LogP contribution in [0.1, 0.15) is 57.9 Å². The third-order valence-electron chi connectivity index (χ3n) is 4.15. The Bertz CT molecular complexity index is 448. The van der Waals surface area contributed by atoms with Crippen LogP contribution < -0.4 is 10.2 Å². The molecular weight excluding hydrogens is 264 g/mol. The molecule has 0 radical (unpaired) electrons. The van der Waals surface area contributed by atoms with E-state index in [1.54, 1.807) is 6.33 Å². The Labute approximate surface area is 127 Å². The quantitative estimate of drug-likeness (QED) is 0.844. The zero-order chi connectivity index (χ0) is 15.2. The number of rotatable bonds is 6. The maximum Gasteiger partial charge on any atom is 0.137 e. The van der Waals surface area contributed by atoms with Gasteiger partial charge in [-0.15, -0.1) is 0 Å². The third-order valence-corrected chi connectivity index (χ3v) is 4.15. The van der Waals surface area contributed by atoms with Crippen molar-refractivity contribution in [2.45, 2.75) is 58.4 Å². The topological polar surface area (TPSA) is 61.3 Å². The van der Waals surface area contributed by atoms with Gasteiger partial charge in [-0.3, -0.25) is 0 Å². The Morgan fingerprint density at radius 2 is 2.19 bits per heavy atom. The van der Waals surface area contributed by atoms with Crippen LogP contribution in [-0.2, 0) is 0 Å². The fourth-order valence-corrected chi connectivity index (χ4v) is 3.18. The molecule has 118 valence electrons. The molecule has 1 atom stereocenters. The molecule has 2 N–H and O–H groups in total. The first-order valence-electron chi connectivity index (χ1n) is 8.15. The van der Waals surface area contributed by atoms with E-state index >= 15 is 0 Å². The molecule has 1 saturated heterocycles. The molecule has 0 spiro atoms. The minimum Gasteiger partial charge on any atom is -0.396 e. The lowest BCUT2D eigenvalue weighted by Crippen LogP contribution is -2.41. The van der Waals surface area contributed by atoms with E-state index in [9.17, 15) is 5.11 Å². The summed E-state index contributed by atoms with van der Waals surface area (Å²) >= 11 is 0.